The molecule has 0 amide bonds. The Balaban J connectivity index is 3.44. The van der Waals surface area contributed by atoms with Crippen molar-refractivity contribution in [3.63, 3.8) is 0 Å². The first-order chi connectivity index (χ1) is 8.12. The molecule has 0 saturated heterocycles. The van der Waals surface area contributed by atoms with Crippen molar-refractivity contribution in [3.05, 3.63) is 0 Å². The highest BCUT2D eigenvalue weighted by atomic mass is 32.2. The molecule has 104 valence electrons. The first-order valence-corrected chi connectivity index (χ1v) is 9.34. The summed E-state index contributed by atoms with van der Waals surface area (Å²) in [6, 6.07) is 0. The smallest absolute Gasteiger partial charge is 0.212 e. The number of nitrogens with one attached hydrogen (secondary N) is 2. The van der Waals surface area contributed by atoms with Gasteiger partial charge in [0.1, 0.15) is 0 Å². The molecule has 0 radical (unpaired) electrons. The summed E-state index contributed by atoms with van der Waals surface area (Å²) in [6.45, 7) is 4.05. The van der Waals surface area contributed by atoms with Gasteiger partial charge in [-0.1, -0.05) is 13.3 Å². The fourth-order valence-electron chi connectivity index (χ4n) is 1.36. The number of rotatable bonds is 12. The molecule has 0 fully saturated rings. The molecule has 0 aliphatic heterocycles. The molecule has 0 saturated carbocycles. The molecule has 0 unspecified atom stereocenters. The third kappa shape index (κ3) is 12.5. The van der Waals surface area contributed by atoms with Crippen molar-refractivity contribution in [3.8, 4) is 0 Å². The molecule has 2 N–H and O–H groups in total. The van der Waals surface area contributed by atoms with Crippen LogP contribution in [0.2, 0.25) is 0 Å². The fraction of sp³-hybridized carbons (Fsp3) is 1.00. The zero-order valence-electron chi connectivity index (χ0n) is 11.0. The Morgan fingerprint density at radius 2 is 1.82 bits per heavy atom. The van der Waals surface area contributed by atoms with Gasteiger partial charge >= 0.3 is 0 Å². The molecule has 0 aliphatic rings. The van der Waals surface area contributed by atoms with Crippen molar-refractivity contribution in [2.45, 2.75) is 32.6 Å². The van der Waals surface area contributed by atoms with Gasteiger partial charge in [0.05, 0.1) is 5.75 Å². The van der Waals surface area contributed by atoms with Gasteiger partial charge in [-0.15, -0.1) is 0 Å². The molecular formula is C11H26N2O2S2. The van der Waals surface area contributed by atoms with Gasteiger partial charge in [0.2, 0.25) is 10.0 Å². The lowest BCUT2D eigenvalue weighted by atomic mass is 10.2. The molecule has 0 aliphatic carbocycles. The highest BCUT2D eigenvalue weighted by Crippen LogP contribution is 2.01. The maximum atomic E-state index is 11.5. The average molecular weight is 282 g/mol. The Morgan fingerprint density at radius 3 is 2.47 bits per heavy atom. The standard InChI is InChI=1S/C11H26N2O2S2/c1-3-7-12-9-11-17(14,15)13-8-5-4-6-10-16-2/h12-13H,3-11H2,1-2H3. The Labute approximate surface area is 110 Å². The van der Waals surface area contributed by atoms with E-state index < -0.39 is 10.0 Å². The maximum Gasteiger partial charge on any atom is 0.212 e. The van der Waals surface area contributed by atoms with Gasteiger partial charge < -0.3 is 5.32 Å². The molecule has 0 bridgehead atoms. The summed E-state index contributed by atoms with van der Waals surface area (Å²) in [4.78, 5) is 0. The van der Waals surface area contributed by atoms with Crippen LogP contribution in [0.4, 0.5) is 0 Å². The summed E-state index contributed by atoms with van der Waals surface area (Å²) >= 11 is 1.83. The van der Waals surface area contributed by atoms with Gasteiger partial charge in [-0.05, 0) is 37.8 Å². The first-order valence-electron chi connectivity index (χ1n) is 6.29. The summed E-state index contributed by atoms with van der Waals surface area (Å²) in [5.41, 5.74) is 0. The van der Waals surface area contributed by atoms with Crippen LogP contribution in [-0.4, -0.2) is 45.8 Å². The third-order valence-electron chi connectivity index (χ3n) is 2.32. The van der Waals surface area contributed by atoms with Crippen molar-refractivity contribution in [2.24, 2.45) is 0 Å². The predicted octanol–water partition coefficient (Wildman–Crippen LogP) is 1.44. The van der Waals surface area contributed by atoms with E-state index in [1.807, 2.05) is 11.8 Å². The molecule has 0 spiro atoms. The number of hydrogen-bond donors (Lipinski definition) is 2. The van der Waals surface area contributed by atoms with Gasteiger partial charge in [-0.2, -0.15) is 11.8 Å². The summed E-state index contributed by atoms with van der Waals surface area (Å²) in [5.74, 6) is 1.34. The maximum absolute atomic E-state index is 11.5. The van der Waals surface area contributed by atoms with Crippen LogP contribution in [0.1, 0.15) is 32.6 Å². The van der Waals surface area contributed by atoms with Crippen molar-refractivity contribution in [2.75, 3.05) is 37.4 Å². The van der Waals surface area contributed by atoms with Gasteiger partial charge in [-0.3, -0.25) is 0 Å². The summed E-state index contributed by atoms with van der Waals surface area (Å²) < 4.78 is 25.7. The Hall–Kier alpha value is 0.220. The summed E-state index contributed by atoms with van der Waals surface area (Å²) in [6.07, 6.45) is 6.31. The normalized spacial score (nSPS) is 11.9. The molecule has 0 aromatic heterocycles. The molecular weight excluding hydrogens is 256 g/mol. The molecule has 17 heavy (non-hydrogen) atoms. The van der Waals surface area contributed by atoms with E-state index in [2.05, 4.69) is 23.2 Å². The minimum absolute atomic E-state index is 0.178. The second kappa shape index (κ2) is 11.3. The molecule has 0 rings (SSSR count). The first kappa shape index (κ1) is 17.2. The minimum Gasteiger partial charge on any atom is -0.316 e. The van der Waals surface area contributed by atoms with Crippen LogP contribution in [0.15, 0.2) is 0 Å². The van der Waals surface area contributed by atoms with E-state index in [0.717, 1.165) is 31.6 Å². The van der Waals surface area contributed by atoms with Gasteiger partial charge in [0.25, 0.3) is 0 Å². The quantitative estimate of drug-likeness (QED) is 0.532. The van der Waals surface area contributed by atoms with Crippen LogP contribution in [-0.2, 0) is 10.0 Å². The topological polar surface area (TPSA) is 58.2 Å². The van der Waals surface area contributed by atoms with Crippen molar-refractivity contribution in [1.29, 1.82) is 0 Å². The number of thioether (sulfide) groups is 1. The van der Waals surface area contributed by atoms with Crippen molar-refractivity contribution in [1.82, 2.24) is 10.0 Å². The van der Waals surface area contributed by atoms with E-state index in [4.69, 9.17) is 0 Å². The van der Waals surface area contributed by atoms with E-state index in [-0.39, 0.29) is 5.75 Å². The van der Waals surface area contributed by atoms with E-state index in [1.165, 1.54) is 6.42 Å². The van der Waals surface area contributed by atoms with Crippen LogP contribution >= 0.6 is 11.8 Å². The van der Waals surface area contributed by atoms with Gasteiger partial charge in [-0.25, -0.2) is 13.1 Å². The lowest BCUT2D eigenvalue weighted by Gasteiger charge is -2.07. The van der Waals surface area contributed by atoms with Crippen molar-refractivity contribution >= 4 is 21.8 Å². The van der Waals surface area contributed by atoms with Crippen LogP contribution in [0.5, 0.6) is 0 Å². The predicted molar refractivity (Wildman–Crippen MR) is 77.2 cm³/mol. The SMILES string of the molecule is CCCNCCS(=O)(=O)NCCCCCSC. The van der Waals surface area contributed by atoms with E-state index in [9.17, 15) is 8.42 Å². The van der Waals surface area contributed by atoms with Gasteiger partial charge in [0, 0.05) is 13.1 Å². The van der Waals surface area contributed by atoms with Crippen LogP contribution < -0.4 is 10.0 Å². The Morgan fingerprint density at radius 1 is 1.06 bits per heavy atom. The molecule has 0 aromatic carbocycles. The van der Waals surface area contributed by atoms with E-state index in [0.29, 0.717) is 13.1 Å². The second-order valence-electron chi connectivity index (χ2n) is 4.02. The zero-order valence-corrected chi connectivity index (χ0v) is 12.6. The lowest BCUT2D eigenvalue weighted by molar-refractivity contribution is 0.571. The van der Waals surface area contributed by atoms with E-state index >= 15 is 0 Å². The summed E-state index contributed by atoms with van der Waals surface area (Å²) in [7, 11) is -3.07. The largest absolute Gasteiger partial charge is 0.316 e. The highest BCUT2D eigenvalue weighted by Gasteiger charge is 2.07. The van der Waals surface area contributed by atoms with Gasteiger partial charge in [0.15, 0.2) is 0 Å². The molecule has 0 aromatic rings. The number of hydrogen-bond acceptors (Lipinski definition) is 4. The third-order valence-corrected chi connectivity index (χ3v) is 4.40. The molecule has 4 nitrogen and oxygen atoms in total. The van der Waals surface area contributed by atoms with Crippen LogP contribution in [0, 0.1) is 0 Å². The monoisotopic (exact) mass is 282 g/mol. The average Bonchev–Trinajstić information content (AvgIpc) is 2.29. The Bertz CT molecular complexity index is 256. The Kier molecular flexibility index (Phi) is 11.5. The zero-order chi connectivity index (χ0) is 13.0. The fourth-order valence-corrected chi connectivity index (χ4v) is 2.86. The minimum atomic E-state index is -3.07. The van der Waals surface area contributed by atoms with Crippen LogP contribution in [0.3, 0.4) is 0 Å². The second-order valence-corrected chi connectivity index (χ2v) is 6.93. The number of sulfonamides is 1. The molecule has 0 heterocycles. The van der Waals surface area contributed by atoms with E-state index in [1.54, 1.807) is 0 Å². The molecule has 0 atom stereocenters. The summed E-state index contributed by atoms with van der Waals surface area (Å²) in [5, 5.41) is 3.09. The lowest BCUT2D eigenvalue weighted by Crippen LogP contribution is -2.32. The molecule has 6 heteroatoms. The van der Waals surface area contributed by atoms with Crippen molar-refractivity contribution < 1.29 is 8.42 Å². The van der Waals surface area contributed by atoms with Crippen LogP contribution in [0.25, 0.3) is 0 Å². The number of unbranched alkanes of at least 4 members (excludes halogenated alkanes) is 2. The highest BCUT2D eigenvalue weighted by molar-refractivity contribution is 7.98.